The first kappa shape index (κ1) is 18.7. The SMILES string of the molecule is CC(=O)c1cccc(Oc2ccc(C(=O)NC3CC4CCN(CC4)C3)cc2)c1. The molecule has 5 rings (SSSR count). The molecule has 3 aliphatic rings. The molecule has 2 aromatic carbocycles. The molecule has 28 heavy (non-hydrogen) atoms. The first-order valence-corrected chi connectivity index (χ1v) is 9.99. The Morgan fingerprint density at radius 3 is 2.46 bits per heavy atom. The van der Waals surface area contributed by atoms with E-state index in [-0.39, 0.29) is 17.7 Å². The number of hydrogen-bond acceptors (Lipinski definition) is 4. The van der Waals surface area contributed by atoms with Crippen LogP contribution in [-0.4, -0.2) is 42.3 Å². The summed E-state index contributed by atoms with van der Waals surface area (Å²) in [5, 5.41) is 3.21. The second-order valence-electron chi connectivity index (χ2n) is 7.86. The molecule has 1 atom stereocenters. The number of carbonyl (C=O) groups is 2. The van der Waals surface area contributed by atoms with E-state index in [9.17, 15) is 9.59 Å². The summed E-state index contributed by atoms with van der Waals surface area (Å²) < 4.78 is 5.82. The van der Waals surface area contributed by atoms with Crippen molar-refractivity contribution in [1.29, 1.82) is 0 Å². The molecule has 1 N–H and O–H groups in total. The lowest BCUT2D eigenvalue weighted by Crippen LogP contribution is -2.41. The lowest BCUT2D eigenvalue weighted by Gasteiger charge is -2.26. The third-order valence-electron chi connectivity index (χ3n) is 5.73. The van der Waals surface area contributed by atoms with Crippen LogP contribution in [0.2, 0.25) is 0 Å². The number of carbonyl (C=O) groups excluding carboxylic acids is 2. The molecule has 146 valence electrons. The largest absolute Gasteiger partial charge is 0.457 e. The Labute approximate surface area is 165 Å². The minimum absolute atomic E-state index is 0.000690. The summed E-state index contributed by atoms with van der Waals surface area (Å²) in [6.07, 6.45) is 3.59. The van der Waals surface area contributed by atoms with Crippen LogP contribution in [0, 0.1) is 5.92 Å². The highest BCUT2D eigenvalue weighted by atomic mass is 16.5. The molecule has 1 amide bonds. The quantitative estimate of drug-likeness (QED) is 0.802. The molecule has 0 spiro atoms. The Bertz CT molecular complexity index is 840. The zero-order valence-electron chi connectivity index (χ0n) is 16.2. The van der Waals surface area contributed by atoms with Crippen molar-refractivity contribution in [2.75, 3.05) is 19.6 Å². The van der Waals surface area contributed by atoms with Gasteiger partial charge in [0.05, 0.1) is 0 Å². The number of fused-ring (bicyclic) bond motifs is 4. The van der Waals surface area contributed by atoms with Crippen molar-refractivity contribution >= 4 is 11.7 Å². The van der Waals surface area contributed by atoms with Crippen LogP contribution in [0.15, 0.2) is 48.5 Å². The Morgan fingerprint density at radius 1 is 1.00 bits per heavy atom. The fourth-order valence-corrected chi connectivity index (χ4v) is 4.16. The first-order valence-electron chi connectivity index (χ1n) is 9.99. The van der Waals surface area contributed by atoms with Crippen LogP contribution < -0.4 is 10.1 Å². The highest BCUT2D eigenvalue weighted by Gasteiger charge is 2.29. The standard InChI is InChI=1S/C23H26N2O3/c1-16(26)19-3-2-4-22(14-19)28-21-7-5-18(6-8-21)23(27)24-20-13-17-9-11-25(15-20)12-10-17/h2-8,14,17,20H,9-13,15H2,1H3,(H,24,27). The fraction of sp³-hybridized carbons (Fsp3) is 0.391. The Balaban J connectivity index is 1.38. The molecule has 2 aromatic rings. The molecular weight excluding hydrogens is 352 g/mol. The monoisotopic (exact) mass is 378 g/mol. The number of ether oxygens (including phenoxy) is 1. The number of ketones is 1. The van der Waals surface area contributed by atoms with Gasteiger partial charge in [-0.15, -0.1) is 0 Å². The fourth-order valence-electron chi connectivity index (χ4n) is 4.16. The summed E-state index contributed by atoms with van der Waals surface area (Å²) in [4.78, 5) is 26.6. The van der Waals surface area contributed by atoms with E-state index in [2.05, 4.69) is 10.2 Å². The van der Waals surface area contributed by atoms with Gasteiger partial charge in [-0.05, 0) is 81.6 Å². The molecule has 0 aromatic heterocycles. The second-order valence-corrected chi connectivity index (χ2v) is 7.86. The van der Waals surface area contributed by atoms with E-state index in [0.717, 1.165) is 32.0 Å². The Kier molecular flexibility index (Phi) is 5.44. The van der Waals surface area contributed by atoms with Gasteiger partial charge in [-0.2, -0.15) is 0 Å². The van der Waals surface area contributed by atoms with Gasteiger partial charge in [0.25, 0.3) is 5.91 Å². The van der Waals surface area contributed by atoms with Gasteiger partial charge in [-0.1, -0.05) is 12.1 Å². The summed E-state index contributed by atoms with van der Waals surface area (Å²) in [7, 11) is 0. The minimum atomic E-state index is -0.0300. The van der Waals surface area contributed by atoms with Crippen molar-refractivity contribution in [2.45, 2.75) is 32.2 Å². The Hall–Kier alpha value is -2.66. The van der Waals surface area contributed by atoms with E-state index in [1.165, 1.54) is 19.8 Å². The number of piperidine rings is 1. The van der Waals surface area contributed by atoms with E-state index in [4.69, 9.17) is 4.74 Å². The third-order valence-corrected chi connectivity index (χ3v) is 5.73. The molecular formula is C23H26N2O3. The minimum Gasteiger partial charge on any atom is -0.457 e. The number of nitrogens with one attached hydrogen (secondary N) is 1. The first-order chi connectivity index (χ1) is 13.6. The van der Waals surface area contributed by atoms with Crippen LogP contribution in [-0.2, 0) is 0 Å². The van der Waals surface area contributed by atoms with Crippen LogP contribution in [0.4, 0.5) is 0 Å². The average Bonchev–Trinajstić information content (AvgIpc) is 3.01. The third kappa shape index (κ3) is 4.42. The summed E-state index contributed by atoms with van der Waals surface area (Å²) in [5.74, 6) is 1.95. The predicted octanol–water partition coefficient (Wildman–Crippen LogP) is 3.90. The van der Waals surface area contributed by atoms with Crippen molar-refractivity contribution in [3.05, 3.63) is 59.7 Å². The van der Waals surface area contributed by atoms with Crippen LogP contribution in [0.5, 0.6) is 11.5 Å². The van der Waals surface area contributed by atoms with Gasteiger partial charge in [-0.3, -0.25) is 9.59 Å². The van der Waals surface area contributed by atoms with E-state index in [1.807, 2.05) is 6.07 Å². The van der Waals surface area contributed by atoms with E-state index >= 15 is 0 Å². The molecule has 5 heteroatoms. The lowest BCUT2D eigenvalue weighted by atomic mass is 9.94. The van der Waals surface area contributed by atoms with Gasteiger partial charge in [0, 0.05) is 23.7 Å². The summed E-state index contributed by atoms with van der Waals surface area (Å²) >= 11 is 0. The zero-order chi connectivity index (χ0) is 19.5. The number of benzene rings is 2. The molecule has 0 aliphatic carbocycles. The van der Waals surface area contributed by atoms with Gasteiger partial charge in [0.15, 0.2) is 5.78 Å². The molecule has 1 unspecified atom stereocenters. The highest BCUT2D eigenvalue weighted by Crippen LogP contribution is 2.27. The van der Waals surface area contributed by atoms with Crippen LogP contribution in [0.1, 0.15) is 46.9 Å². The maximum absolute atomic E-state index is 12.6. The summed E-state index contributed by atoms with van der Waals surface area (Å²) in [5.41, 5.74) is 1.25. The number of nitrogens with zero attached hydrogens (tertiary/aromatic N) is 1. The molecule has 5 nitrogen and oxygen atoms in total. The lowest BCUT2D eigenvalue weighted by molar-refractivity contribution is 0.0928. The van der Waals surface area contributed by atoms with Gasteiger partial charge in [0.1, 0.15) is 11.5 Å². The smallest absolute Gasteiger partial charge is 0.251 e. The molecule has 2 bridgehead atoms. The molecule has 0 radical (unpaired) electrons. The molecule has 0 saturated carbocycles. The maximum atomic E-state index is 12.6. The van der Waals surface area contributed by atoms with Crippen molar-refractivity contribution in [3.8, 4) is 11.5 Å². The summed E-state index contributed by atoms with van der Waals surface area (Å²) in [6, 6.07) is 14.5. The van der Waals surface area contributed by atoms with Crippen molar-refractivity contribution < 1.29 is 14.3 Å². The van der Waals surface area contributed by atoms with Gasteiger partial charge < -0.3 is 15.0 Å². The summed E-state index contributed by atoms with van der Waals surface area (Å²) in [6.45, 7) is 4.81. The van der Waals surface area contributed by atoms with Crippen LogP contribution >= 0.6 is 0 Å². The van der Waals surface area contributed by atoms with Gasteiger partial charge in [-0.25, -0.2) is 0 Å². The van der Waals surface area contributed by atoms with Gasteiger partial charge in [0.2, 0.25) is 0 Å². The molecule has 3 fully saturated rings. The molecule has 3 aliphatic heterocycles. The number of amides is 1. The number of hydrogen-bond donors (Lipinski definition) is 1. The van der Waals surface area contributed by atoms with E-state index in [0.29, 0.717) is 22.6 Å². The van der Waals surface area contributed by atoms with E-state index < -0.39 is 0 Å². The normalized spacial score (nSPS) is 23.7. The Morgan fingerprint density at radius 2 is 1.75 bits per heavy atom. The van der Waals surface area contributed by atoms with E-state index in [1.54, 1.807) is 42.5 Å². The highest BCUT2D eigenvalue weighted by molar-refractivity contribution is 5.95. The van der Waals surface area contributed by atoms with Crippen LogP contribution in [0.3, 0.4) is 0 Å². The van der Waals surface area contributed by atoms with Crippen molar-refractivity contribution in [1.82, 2.24) is 10.2 Å². The number of rotatable bonds is 5. The maximum Gasteiger partial charge on any atom is 0.251 e. The van der Waals surface area contributed by atoms with Crippen molar-refractivity contribution in [2.24, 2.45) is 5.92 Å². The van der Waals surface area contributed by atoms with Gasteiger partial charge >= 0.3 is 0 Å². The molecule has 3 heterocycles. The second kappa shape index (κ2) is 8.15. The number of Topliss-reactive ketones (excluding diaryl/α,β-unsaturated/α-hetero) is 1. The average molecular weight is 378 g/mol. The van der Waals surface area contributed by atoms with Crippen molar-refractivity contribution in [3.63, 3.8) is 0 Å². The molecule has 3 saturated heterocycles. The topological polar surface area (TPSA) is 58.6 Å². The zero-order valence-corrected chi connectivity index (χ0v) is 16.2. The predicted molar refractivity (Wildman–Crippen MR) is 108 cm³/mol. The van der Waals surface area contributed by atoms with Crippen LogP contribution in [0.25, 0.3) is 0 Å².